The van der Waals surface area contributed by atoms with Crippen molar-refractivity contribution in [3.8, 4) is 5.75 Å². The van der Waals surface area contributed by atoms with Gasteiger partial charge < -0.3 is 15.6 Å². The standard InChI is InChI=1S/C12H16F3NO2/c1-11(2,7-17)10(16)8-5-3-4-6-9(8)18-12(13,14)15/h3-6,10,17H,7,16H2,1-2H3/t10-/m1/s1. The summed E-state index contributed by atoms with van der Waals surface area (Å²) in [6.07, 6.45) is -4.76. The van der Waals surface area contributed by atoms with Gasteiger partial charge in [0, 0.05) is 23.6 Å². The summed E-state index contributed by atoms with van der Waals surface area (Å²) < 4.78 is 40.7. The van der Waals surface area contributed by atoms with Crippen molar-refractivity contribution in [1.82, 2.24) is 0 Å². The van der Waals surface area contributed by atoms with Crippen LogP contribution in [0.25, 0.3) is 0 Å². The number of hydrogen-bond donors (Lipinski definition) is 2. The van der Waals surface area contributed by atoms with Crippen LogP contribution in [0.1, 0.15) is 25.5 Å². The van der Waals surface area contributed by atoms with Crippen LogP contribution in [0.5, 0.6) is 5.75 Å². The maximum Gasteiger partial charge on any atom is 0.573 e. The molecule has 18 heavy (non-hydrogen) atoms. The highest BCUT2D eigenvalue weighted by atomic mass is 19.4. The van der Waals surface area contributed by atoms with Crippen LogP contribution in [0.4, 0.5) is 13.2 Å². The third-order valence-electron chi connectivity index (χ3n) is 2.73. The Hall–Kier alpha value is -1.27. The minimum atomic E-state index is -4.76. The summed E-state index contributed by atoms with van der Waals surface area (Å²) in [6, 6.07) is 4.91. The summed E-state index contributed by atoms with van der Waals surface area (Å²) in [4.78, 5) is 0. The molecule has 1 aromatic rings. The maximum absolute atomic E-state index is 12.3. The van der Waals surface area contributed by atoms with Crippen LogP contribution in [-0.4, -0.2) is 18.1 Å². The number of hydrogen-bond acceptors (Lipinski definition) is 3. The fourth-order valence-electron chi connectivity index (χ4n) is 1.47. The highest BCUT2D eigenvalue weighted by Crippen LogP contribution is 2.37. The van der Waals surface area contributed by atoms with E-state index in [9.17, 15) is 18.3 Å². The Morgan fingerprint density at radius 3 is 2.33 bits per heavy atom. The van der Waals surface area contributed by atoms with Crippen molar-refractivity contribution < 1.29 is 23.0 Å². The normalized spacial score (nSPS) is 14.4. The van der Waals surface area contributed by atoms with Crippen molar-refractivity contribution in [3.63, 3.8) is 0 Å². The maximum atomic E-state index is 12.3. The molecule has 0 aliphatic rings. The lowest BCUT2D eigenvalue weighted by molar-refractivity contribution is -0.275. The number of halogens is 3. The Morgan fingerprint density at radius 2 is 1.83 bits per heavy atom. The van der Waals surface area contributed by atoms with Gasteiger partial charge in [-0.05, 0) is 6.07 Å². The molecule has 0 aliphatic carbocycles. The van der Waals surface area contributed by atoms with Gasteiger partial charge in [-0.2, -0.15) is 0 Å². The lowest BCUT2D eigenvalue weighted by Crippen LogP contribution is -2.33. The third kappa shape index (κ3) is 3.61. The smallest absolute Gasteiger partial charge is 0.405 e. The second-order valence-electron chi connectivity index (χ2n) is 4.71. The SMILES string of the molecule is CC(C)(CO)[C@H](N)c1ccccc1OC(F)(F)F. The predicted octanol–water partition coefficient (Wildman–Crippen LogP) is 2.60. The van der Waals surface area contributed by atoms with E-state index in [0.29, 0.717) is 0 Å². The first-order chi connectivity index (χ1) is 8.17. The van der Waals surface area contributed by atoms with Gasteiger partial charge in [-0.25, -0.2) is 0 Å². The van der Waals surface area contributed by atoms with Gasteiger partial charge in [-0.3, -0.25) is 0 Å². The van der Waals surface area contributed by atoms with E-state index < -0.39 is 17.8 Å². The number of aliphatic hydroxyl groups is 1. The largest absolute Gasteiger partial charge is 0.573 e. The monoisotopic (exact) mass is 263 g/mol. The van der Waals surface area contributed by atoms with Crippen molar-refractivity contribution in [1.29, 1.82) is 0 Å². The first-order valence-electron chi connectivity index (χ1n) is 5.38. The number of nitrogens with two attached hydrogens (primary N) is 1. The molecule has 0 saturated heterocycles. The van der Waals surface area contributed by atoms with E-state index in [1.165, 1.54) is 18.2 Å². The topological polar surface area (TPSA) is 55.5 Å². The van der Waals surface area contributed by atoms with Gasteiger partial charge in [0.1, 0.15) is 5.75 Å². The van der Waals surface area contributed by atoms with Crippen molar-refractivity contribution >= 4 is 0 Å². The Balaban J connectivity index is 3.09. The Labute approximate surface area is 103 Å². The lowest BCUT2D eigenvalue weighted by atomic mass is 9.81. The highest BCUT2D eigenvalue weighted by Gasteiger charge is 2.35. The number of benzene rings is 1. The highest BCUT2D eigenvalue weighted by molar-refractivity contribution is 5.36. The summed E-state index contributed by atoms with van der Waals surface area (Å²) in [5, 5.41) is 9.21. The Morgan fingerprint density at radius 1 is 1.28 bits per heavy atom. The molecule has 6 heteroatoms. The van der Waals surface area contributed by atoms with Gasteiger partial charge in [0.25, 0.3) is 0 Å². The van der Waals surface area contributed by atoms with Crippen molar-refractivity contribution in [2.75, 3.05) is 6.61 Å². The third-order valence-corrected chi connectivity index (χ3v) is 2.73. The van der Waals surface area contributed by atoms with E-state index in [2.05, 4.69) is 4.74 Å². The molecular formula is C12H16F3NO2. The zero-order valence-corrected chi connectivity index (χ0v) is 10.2. The molecule has 3 nitrogen and oxygen atoms in total. The molecule has 0 aromatic heterocycles. The minimum absolute atomic E-state index is 0.217. The first kappa shape index (κ1) is 14.8. The summed E-state index contributed by atoms with van der Waals surface area (Å²) in [7, 11) is 0. The Bertz CT molecular complexity index is 405. The fourth-order valence-corrected chi connectivity index (χ4v) is 1.47. The van der Waals surface area contributed by atoms with Crippen LogP contribution in [0.15, 0.2) is 24.3 Å². The van der Waals surface area contributed by atoms with Crippen LogP contribution >= 0.6 is 0 Å². The number of rotatable bonds is 4. The van der Waals surface area contributed by atoms with Crippen LogP contribution in [0, 0.1) is 5.41 Å². The van der Waals surface area contributed by atoms with E-state index in [0.717, 1.165) is 0 Å². The minimum Gasteiger partial charge on any atom is -0.405 e. The number of alkyl halides is 3. The van der Waals surface area contributed by atoms with Gasteiger partial charge in [0.15, 0.2) is 0 Å². The van der Waals surface area contributed by atoms with Crippen LogP contribution < -0.4 is 10.5 Å². The zero-order valence-electron chi connectivity index (χ0n) is 10.2. The quantitative estimate of drug-likeness (QED) is 0.878. The molecular weight excluding hydrogens is 247 g/mol. The lowest BCUT2D eigenvalue weighted by Gasteiger charge is -2.30. The van der Waals surface area contributed by atoms with Gasteiger partial charge in [-0.1, -0.05) is 32.0 Å². The second-order valence-corrected chi connectivity index (χ2v) is 4.71. The number of aliphatic hydroxyl groups excluding tert-OH is 1. The average Bonchev–Trinajstić information content (AvgIpc) is 2.26. The zero-order chi connectivity index (χ0) is 14.0. The summed E-state index contributed by atoms with van der Waals surface area (Å²) in [5.74, 6) is -0.334. The van der Waals surface area contributed by atoms with E-state index in [1.807, 2.05) is 0 Å². The van der Waals surface area contributed by atoms with Crippen LogP contribution in [0.3, 0.4) is 0 Å². The molecule has 1 atom stereocenters. The summed E-state index contributed by atoms with van der Waals surface area (Å²) in [6.45, 7) is 3.10. The van der Waals surface area contributed by atoms with E-state index >= 15 is 0 Å². The Kier molecular flexibility index (Phi) is 4.24. The molecule has 1 rings (SSSR count). The van der Waals surface area contributed by atoms with Gasteiger partial charge >= 0.3 is 6.36 Å². The molecule has 0 bridgehead atoms. The van der Waals surface area contributed by atoms with Gasteiger partial charge in [-0.15, -0.1) is 13.2 Å². The summed E-state index contributed by atoms with van der Waals surface area (Å²) >= 11 is 0. The molecule has 3 N–H and O–H groups in total. The second kappa shape index (κ2) is 5.16. The van der Waals surface area contributed by atoms with E-state index in [4.69, 9.17) is 5.73 Å². The fraction of sp³-hybridized carbons (Fsp3) is 0.500. The predicted molar refractivity (Wildman–Crippen MR) is 60.9 cm³/mol. The molecule has 0 aliphatic heterocycles. The molecule has 0 unspecified atom stereocenters. The first-order valence-corrected chi connectivity index (χ1v) is 5.38. The summed E-state index contributed by atoms with van der Waals surface area (Å²) in [5.41, 5.74) is 5.37. The van der Waals surface area contributed by atoms with E-state index in [1.54, 1.807) is 19.9 Å². The molecule has 0 heterocycles. The molecule has 0 amide bonds. The molecule has 102 valence electrons. The molecule has 0 fully saturated rings. The molecule has 0 radical (unpaired) electrons. The van der Waals surface area contributed by atoms with Crippen LogP contribution in [0.2, 0.25) is 0 Å². The molecule has 1 aromatic carbocycles. The van der Waals surface area contributed by atoms with Gasteiger partial charge in [0.2, 0.25) is 0 Å². The van der Waals surface area contributed by atoms with Gasteiger partial charge in [0.05, 0.1) is 0 Å². The van der Waals surface area contributed by atoms with Crippen LogP contribution in [-0.2, 0) is 0 Å². The van der Waals surface area contributed by atoms with E-state index in [-0.39, 0.29) is 17.9 Å². The van der Waals surface area contributed by atoms with Crippen molar-refractivity contribution in [2.24, 2.45) is 11.1 Å². The molecule has 0 saturated carbocycles. The van der Waals surface area contributed by atoms with Crippen molar-refractivity contribution in [3.05, 3.63) is 29.8 Å². The van der Waals surface area contributed by atoms with Crippen molar-refractivity contribution in [2.45, 2.75) is 26.3 Å². The number of para-hydroxylation sites is 1. The molecule has 0 spiro atoms. The average molecular weight is 263 g/mol. The number of ether oxygens (including phenoxy) is 1.